The summed E-state index contributed by atoms with van der Waals surface area (Å²) in [6, 6.07) is 8.17. The van der Waals surface area contributed by atoms with Gasteiger partial charge in [-0.25, -0.2) is 15.0 Å². The third-order valence-electron chi connectivity index (χ3n) is 3.38. The number of fused-ring (bicyclic) bond motifs is 1. The van der Waals surface area contributed by atoms with E-state index in [2.05, 4.69) is 34.9 Å². The lowest BCUT2D eigenvalue weighted by Gasteiger charge is -2.10. The smallest absolute Gasteiger partial charge is 0.135 e. The molecule has 0 saturated heterocycles. The van der Waals surface area contributed by atoms with Crippen LogP contribution in [0.5, 0.6) is 0 Å². The second kappa shape index (κ2) is 5.70. The molecule has 0 N–H and O–H groups in total. The fourth-order valence-electron chi connectivity index (χ4n) is 2.12. The van der Waals surface area contributed by atoms with Crippen molar-refractivity contribution in [3.05, 3.63) is 51.5 Å². The van der Waals surface area contributed by atoms with Crippen molar-refractivity contribution in [1.82, 2.24) is 15.0 Å². The van der Waals surface area contributed by atoms with Crippen LogP contribution in [0, 0.1) is 6.92 Å². The summed E-state index contributed by atoms with van der Waals surface area (Å²) in [4.78, 5) is 13.7. The number of thiazole rings is 1. The lowest BCUT2D eigenvalue weighted by molar-refractivity contribution is 0.756. The van der Waals surface area contributed by atoms with Gasteiger partial charge in [0.1, 0.15) is 11.0 Å². The van der Waals surface area contributed by atoms with Crippen LogP contribution in [0.1, 0.15) is 41.9 Å². The molecule has 0 fully saturated rings. The first-order valence-corrected chi connectivity index (χ1v) is 8.11. The standard InChI is InChI=1S/C16H16ClN3S/c1-9(2)16-19-12(10(3)15(17)20-16)8-14-18-11-6-4-5-7-13(11)21-14/h4-7,9H,8H2,1-3H3. The Morgan fingerprint density at radius 1 is 1.14 bits per heavy atom. The summed E-state index contributed by atoms with van der Waals surface area (Å²) in [5.74, 6) is 1.05. The van der Waals surface area contributed by atoms with Crippen molar-refractivity contribution in [1.29, 1.82) is 0 Å². The molecule has 0 aliphatic heterocycles. The summed E-state index contributed by atoms with van der Waals surface area (Å²) < 4.78 is 1.20. The molecule has 0 unspecified atom stereocenters. The Labute approximate surface area is 133 Å². The summed E-state index contributed by atoms with van der Waals surface area (Å²) in [6.07, 6.45) is 0.702. The summed E-state index contributed by atoms with van der Waals surface area (Å²) in [5, 5.41) is 1.61. The summed E-state index contributed by atoms with van der Waals surface area (Å²) >= 11 is 7.95. The van der Waals surface area contributed by atoms with E-state index in [1.54, 1.807) is 11.3 Å². The third kappa shape index (κ3) is 2.92. The Balaban J connectivity index is 2.00. The van der Waals surface area contributed by atoms with E-state index >= 15 is 0 Å². The van der Waals surface area contributed by atoms with E-state index in [-0.39, 0.29) is 5.92 Å². The van der Waals surface area contributed by atoms with Crippen LogP contribution in [0.25, 0.3) is 10.2 Å². The Hall–Kier alpha value is -1.52. The lowest BCUT2D eigenvalue weighted by Crippen LogP contribution is -2.05. The van der Waals surface area contributed by atoms with Crippen molar-refractivity contribution >= 4 is 33.2 Å². The number of hydrogen-bond donors (Lipinski definition) is 0. The first-order valence-electron chi connectivity index (χ1n) is 6.92. The van der Waals surface area contributed by atoms with Crippen molar-refractivity contribution in [2.24, 2.45) is 0 Å². The highest BCUT2D eigenvalue weighted by Gasteiger charge is 2.14. The van der Waals surface area contributed by atoms with Gasteiger partial charge >= 0.3 is 0 Å². The average molecular weight is 318 g/mol. The predicted molar refractivity (Wildman–Crippen MR) is 88.3 cm³/mol. The van der Waals surface area contributed by atoms with Gasteiger partial charge in [-0.2, -0.15) is 0 Å². The van der Waals surface area contributed by atoms with Crippen molar-refractivity contribution in [2.45, 2.75) is 33.1 Å². The number of hydrogen-bond acceptors (Lipinski definition) is 4. The fraction of sp³-hybridized carbons (Fsp3) is 0.312. The minimum atomic E-state index is 0.261. The van der Waals surface area contributed by atoms with Crippen LogP contribution in [-0.2, 0) is 6.42 Å². The van der Waals surface area contributed by atoms with Gasteiger partial charge in [-0.3, -0.25) is 0 Å². The molecule has 3 rings (SSSR count). The summed E-state index contributed by atoms with van der Waals surface area (Å²) in [5.41, 5.74) is 2.96. The molecule has 1 aromatic carbocycles. The maximum absolute atomic E-state index is 6.24. The van der Waals surface area contributed by atoms with E-state index in [0.29, 0.717) is 11.6 Å². The van der Waals surface area contributed by atoms with Crippen LogP contribution < -0.4 is 0 Å². The molecule has 108 valence electrons. The molecule has 0 bridgehead atoms. The first kappa shape index (κ1) is 14.4. The van der Waals surface area contributed by atoms with Crippen LogP contribution in [0.3, 0.4) is 0 Å². The van der Waals surface area contributed by atoms with Gasteiger partial charge in [-0.1, -0.05) is 37.6 Å². The molecular formula is C16H16ClN3S. The van der Waals surface area contributed by atoms with Gasteiger partial charge in [0.05, 0.1) is 20.9 Å². The molecule has 3 aromatic rings. The highest BCUT2D eigenvalue weighted by molar-refractivity contribution is 7.18. The number of benzene rings is 1. The van der Waals surface area contributed by atoms with E-state index in [1.165, 1.54) is 4.70 Å². The Morgan fingerprint density at radius 2 is 1.90 bits per heavy atom. The molecule has 2 heterocycles. The van der Waals surface area contributed by atoms with Crippen LogP contribution in [0.4, 0.5) is 0 Å². The second-order valence-corrected chi connectivity index (χ2v) is 6.82. The Bertz CT molecular complexity index is 762. The number of para-hydroxylation sites is 1. The van der Waals surface area contributed by atoms with Gasteiger partial charge in [0.2, 0.25) is 0 Å². The van der Waals surface area contributed by atoms with E-state index in [0.717, 1.165) is 27.6 Å². The van der Waals surface area contributed by atoms with Gasteiger partial charge in [-0.15, -0.1) is 11.3 Å². The monoisotopic (exact) mass is 317 g/mol. The average Bonchev–Trinajstić information content (AvgIpc) is 2.85. The van der Waals surface area contributed by atoms with Gasteiger partial charge in [0, 0.05) is 17.9 Å². The SMILES string of the molecule is Cc1c(Cl)nc(C(C)C)nc1Cc1nc2ccccc2s1. The molecule has 21 heavy (non-hydrogen) atoms. The molecule has 0 radical (unpaired) electrons. The number of aromatic nitrogens is 3. The van der Waals surface area contributed by atoms with Crippen molar-refractivity contribution in [3.63, 3.8) is 0 Å². The van der Waals surface area contributed by atoms with E-state index in [4.69, 9.17) is 11.6 Å². The lowest BCUT2D eigenvalue weighted by atomic mass is 10.1. The molecule has 2 aromatic heterocycles. The van der Waals surface area contributed by atoms with Crippen LogP contribution in [0.15, 0.2) is 24.3 Å². The van der Waals surface area contributed by atoms with Crippen molar-refractivity contribution < 1.29 is 0 Å². The zero-order valence-electron chi connectivity index (χ0n) is 12.2. The van der Waals surface area contributed by atoms with Crippen LogP contribution >= 0.6 is 22.9 Å². The zero-order chi connectivity index (χ0) is 15.0. The van der Waals surface area contributed by atoms with E-state index in [9.17, 15) is 0 Å². The molecule has 0 amide bonds. The Morgan fingerprint density at radius 3 is 2.62 bits per heavy atom. The second-order valence-electron chi connectivity index (χ2n) is 5.35. The molecule has 0 spiro atoms. The van der Waals surface area contributed by atoms with Crippen LogP contribution in [-0.4, -0.2) is 15.0 Å². The topological polar surface area (TPSA) is 38.7 Å². The van der Waals surface area contributed by atoms with E-state index < -0.39 is 0 Å². The first-order chi connectivity index (χ1) is 10.0. The van der Waals surface area contributed by atoms with Crippen molar-refractivity contribution in [2.75, 3.05) is 0 Å². The molecule has 0 atom stereocenters. The quantitative estimate of drug-likeness (QED) is 0.654. The molecule has 0 aliphatic carbocycles. The van der Waals surface area contributed by atoms with Crippen LogP contribution in [0.2, 0.25) is 5.15 Å². The predicted octanol–water partition coefficient (Wildman–Crippen LogP) is 4.76. The van der Waals surface area contributed by atoms with Gasteiger partial charge in [0.15, 0.2) is 0 Å². The maximum Gasteiger partial charge on any atom is 0.135 e. The van der Waals surface area contributed by atoms with E-state index in [1.807, 2.05) is 25.1 Å². The van der Waals surface area contributed by atoms with Gasteiger partial charge in [0.25, 0.3) is 0 Å². The molecular weight excluding hydrogens is 302 g/mol. The highest BCUT2D eigenvalue weighted by Crippen LogP contribution is 2.26. The largest absolute Gasteiger partial charge is 0.241 e. The molecule has 0 saturated carbocycles. The molecule has 3 nitrogen and oxygen atoms in total. The maximum atomic E-state index is 6.24. The molecule has 5 heteroatoms. The van der Waals surface area contributed by atoms with Crippen molar-refractivity contribution in [3.8, 4) is 0 Å². The summed E-state index contributed by atoms with van der Waals surface area (Å²) in [7, 11) is 0. The number of halogens is 1. The number of rotatable bonds is 3. The van der Waals surface area contributed by atoms with Gasteiger partial charge < -0.3 is 0 Å². The molecule has 0 aliphatic rings. The third-order valence-corrected chi connectivity index (χ3v) is 4.78. The fourth-order valence-corrected chi connectivity index (χ4v) is 3.29. The summed E-state index contributed by atoms with van der Waals surface area (Å²) in [6.45, 7) is 6.11. The minimum Gasteiger partial charge on any atom is -0.241 e. The minimum absolute atomic E-state index is 0.261. The normalized spacial score (nSPS) is 11.5. The number of nitrogens with zero attached hydrogens (tertiary/aromatic N) is 3. The van der Waals surface area contributed by atoms with Gasteiger partial charge in [-0.05, 0) is 19.1 Å². The highest BCUT2D eigenvalue weighted by atomic mass is 35.5. The Kier molecular flexibility index (Phi) is 3.91. The zero-order valence-corrected chi connectivity index (χ0v) is 13.8.